The Hall–Kier alpha value is -2.32. The van der Waals surface area contributed by atoms with Crippen LogP contribution in [0.5, 0.6) is 5.88 Å². The van der Waals surface area contributed by atoms with Crippen molar-refractivity contribution in [1.29, 1.82) is 0 Å². The number of amides is 1. The summed E-state index contributed by atoms with van der Waals surface area (Å²) >= 11 is 0. The van der Waals surface area contributed by atoms with Crippen molar-refractivity contribution < 1.29 is 32.6 Å². The molecule has 9 heteroatoms. The lowest BCUT2D eigenvalue weighted by atomic mass is 10.1. The molecule has 22 heavy (non-hydrogen) atoms. The molecule has 1 unspecified atom stereocenters. The molecule has 0 spiro atoms. The number of carboxylic acids is 1. The lowest BCUT2D eigenvalue weighted by Crippen LogP contribution is -2.30. The number of carbonyl (C=O) groups is 2. The van der Waals surface area contributed by atoms with Crippen LogP contribution in [0.15, 0.2) is 18.3 Å². The third-order valence-corrected chi connectivity index (χ3v) is 3.19. The van der Waals surface area contributed by atoms with Crippen LogP contribution in [0.25, 0.3) is 0 Å². The van der Waals surface area contributed by atoms with Crippen molar-refractivity contribution in [3.05, 3.63) is 23.9 Å². The molecule has 1 aromatic rings. The molecule has 0 saturated carbocycles. The molecule has 1 fully saturated rings. The Morgan fingerprint density at radius 3 is 2.77 bits per heavy atom. The number of ether oxygens (including phenoxy) is 1. The normalized spacial score (nSPS) is 18.3. The van der Waals surface area contributed by atoms with E-state index in [1.54, 1.807) is 0 Å². The molecule has 1 aromatic heterocycles. The number of likely N-dealkylation sites (tertiary alicyclic amines) is 1. The van der Waals surface area contributed by atoms with Crippen molar-refractivity contribution in [3.63, 3.8) is 0 Å². The molecular weight excluding hydrogens is 305 g/mol. The van der Waals surface area contributed by atoms with Gasteiger partial charge >= 0.3 is 12.1 Å². The van der Waals surface area contributed by atoms with E-state index in [0.29, 0.717) is 6.42 Å². The predicted octanol–water partition coefficient (Wildman–Crippen LogP) is 1.57. The first-order valence-corrected chi connectivity index (χ1v) is 6.44. The van der Waals surface area contributed by atoms with E-state index in [-0.39, 0.29) is 24.5 Å². The molecule has 1 aliphatic heterocycles. The van der Waals surface area contributed by atoms with Crippen LogP contribution in [0.1, 0.15) is 16.8 Å². The summed E-state index contributed by atoms with van der Waals surface area (Å²) in [4.78, 5) is 28.0. The highest BCUT2D eigenvalue weighted by molar-refractivity contribution is 5.95. The lowest BCUT2D eigenvalue weighted by Gasteiger charge is -2.16. The van der Waals surface area contributed by atoms with Crippen molar-refractivity contribution in [3.8, 4) is 5.88 Å². The Morgan fingerprint density at radius 1 is 1.45 bits per heavy atom. The summed E-state index contributed by atoms with van der Waals surface area (Å²) in [5.74, 6) is -2.36. The molecule has 1 amide bonds. The van der Waals surface area contributed by atoms with Gasteiger partial charge in [-0.15, -0.1) is 0 Å². The molecule has 1 atom stereocenters. The summed E-state index contributed by atoms with van der Waals surface area (Å²) in [5.41, 5.74) is 0.109. The summed E-state index contributed by atoms with van der Waals surface area (Å²) < 4.78 is 40.7. The van der Waals surface area contributed by atoms with Crippen LogP contribution in [0.2, 0.25) is 0 Å². The molecule has 0 bridgehead atoms. The van der Waals surface area contributed by atoms with Crippen molar-refractivity contribution >= 4 is 11.9 Å². The molecule has 0 radical (unpaired) electrons. The summed E-state index contributed by atoms with van der Waals surface area (Å²) in [6, 6.07) is 2.46. The maximum absolute atomic E-state index is 12.2. The van der Waals surface area contributed by atoms with Gasteiger partial charge in [-0.1, -0.05) is 0 Å². The quantitative estimate of drug-likeness (QED) is 0.911. The van der Waals surface area contributed by atoms with Crippen molar-refractivity contribution in [2.45, 2.75) is 12.6 Å². The number of carboxylic acid groups (broad SMARTS) is 1. The first-order valence-electron chi connectivity index (χ1n) is 6.44. The van der Waals surface area contributed by atoms with Crippen LogP contribution in [0, 0.1) is 5.92 Å². The average Bonchev–Trinajstić information content (AvgIpc) is 2.94. The van der Waals surface area contributed by atoms with Gasteiger partial charge in [0.1, 0.15) is 0 Å². The van der Waals surface area contributed by atoms with Crippen LogP contribution in [0.3, 0.4) is 0 Å². The monoisotopic (exact) mass is 318 g/mol. The molecule has 1 N–H and O–H groups in total. The fourth-order valence-corrected chi connectivity index (χ4v) is 2.11. The lowest BCUT2D eigenvalue weighted by molar-refractivity contribution is -0.154. The zero-order valence-corrected chi connectivity index (χ0v) is 11.3. The van der Waals surface area contributed by atoms with Crippen molar-refractivity contribution in [2.24, 2.45) is 5.92 Å². The largest absolute Gasteiger partial charge is 0.481 e. The number of nitrogens with zero attached hydrogens (tertiary/aromatic N) is 2. The van der Waals surface area contributed by atoms with Gasteiger partial charge in [-0.3, -0.25) is 9.59 Å². The number of rotatable bonds is 4. The summed E-state index contributed by atoms with van der Waals surface area (Å²) in [6.07, 6.45) is -2.97. The molecular formula is C13H13F3N2O4. The van der Waals surface area contributed by atoms with Gasteiger partial charge in [-0.05, 0) is 12.5 Å². The third-order valence-electron chi connectivity index (χ3n) is 3.19. The van der Waals surface area contributed by atoms with E-state index in [2.05, 4.69) is 9.72 Å². The molecule has 0 aliphatic carbocycles. The Morgan fingerprint density at radius 2 is 2.18 bits per heavy atom. The Bertz CT molecular complexity index is 577. The summed E-state index contributed by atoms with van der Waals surface area (Å²) in [6.45, 7) is -1.13. The van der Waals surface area contributed by atoms with Crippen molar-refractivity contribution in [1.82, 2.24) is 9.88 Å². The second-order valence-electron chi connectivity index (χ2n) is 4.86. The number of aromatic nitrogens is 1. The molecule has 2 heterocycles. The number of carbonyl (C=O) groups excluding carboxylic acids is 1. The SMILES string of the molecule is O=C(O)C1CCN(C(=O)c2ccnc(OCC(F)(F)F)c2)C1. The maximum atomic E-state index is 12.2. The number of hydrogen-bond acceptors (Lipinski definition) is 4. The van der Waals surface area contributed by atoms with E-state index < -0.39 is 30.6 Å². The highest BCUT2D eigenvalue weighted by Crippen LogP contribution is 2.21. The minimum atomic E-state index is -4.49. The van der Waals surface area contributed by atoms with E-state index in [9.17, 15) is 22.8 Å². The fraction of sp³-hybridized carbons (Fsp3) is 0.462. The van der Waals surface area contributed by atoms with Gasteiger partial charge in [0.15, 0.2) is 6.61 Å². The van der Waals surface area contributed by atoms with E-state index in [0.717, 1.165) is 6.07 Å². The van der Waals surface area contributed by atoms with Gasteiger partial charge in [0.25, 0.3) is 5.91 Å². The van der Waals surface area contributed by atoms with Gasteiger partial charge in [-0.25, -0.2) is 4.98 Å². The van der Waals surface area contributed by atoms with Gasteiger partial charge in [0, 0.05) is 30.9 Å². The Labute approximate surface area is 123 Å². The molecule has 1 aliphatic rings. The molecule has 120 valence electrons. The van der Waals surface area contributed by atoms with Crippen LogP contribution in [0.4, 0.5) is 13.2 Å². The van der Waals surface area contributed by atoms with Crippen LogP contribution in [-0.2, 0) is 4.79 Å². The van der Waals surface area contributed by atoms with E-state index in [1.807, 2.05) is 0 Å². The number of pyridine rings is 1. The average molecular weight is 318 g/mol. The van der Waals surface area contributed by atoms with Gasteiger partial charge in [-0.2, -0.15) is 13.2 Å². The van der Waals surface area contributed by atoms with Gasteiger partial charge < -0.3 is 14.7 Å². The molecule has 1 saturated heterocycles. The zero-order valence-electron chi connectivity index (χ0n) is 11.3. The maximum Gasteiger partial charge on any atom is 0.422 e. The molecule has 2 rings (SSSR count). The molecule has 6 nitrogen and oxygen atoms in total. The topological polar surface area (TPSA) is 79.7 Å². The van der Waals surface area contributed by atoms with Gasteiger partial charge in [0.05, 0.1) is 5.92 Å². The van der Waals surface area contributed by atoms with Crippen LogP contribution >= 0.6 is 0 Å². The van der Waals surface area contributed by atoms with Crippen LogP contribution < -0.4 is 4.74 Å². The first kappa shape index (κ1) is 16.1. The van der Waals surface area contributed by atoms with E-state index >= 15 is 0 Å². The van der Waals surface area contributed by atoms with Crippen LogP contribution in [-0.4, -0.2) is 52.7 Å². The highest BCUT2D eigenvalue weighted by atomic mass is 19.4. The second kappa shape index (κ2) is 6.20. The summed E-state index contributed by atoms with van der Waals surface area (Å²) in [5, 5.41) is 8.90. The third kappa shape index (κ3) is 4.09. The predicted molar refractivity (Wildman–Crippen MR) is 67.4 cm³/mol. The van der Waals surface area contributed by atoms with Gasteiger partial charge in [0.2, 0.25) is 5.88 Å². The number of hydrogen-bond donors (Lipinski definition) is 1. The minimum absolute atomic E-state index is 0.0786. The summed E-state index contributed by atoms with van der Waals surface area (Å²) in [7, 11) is 0. The standard InChI is InChI=1S/C13H13F3N2O4/c14-13(15,16)7-22-10-5-8(1-3-17-10)11(19)18-4-2-9(6-18)12(20)21/h1,3,5,9H,2,4,6-7H2,(H,20,21). The minimum Gasteiger partial charge on any atom is -0.481 e. The first-order chi connectivity index (χ1) is 10.3. The van der Waals surface area contributed by atoms with Crippen molar-refractivity contribution in [2.75, 3.05) is 19.7 Å². The Balaban J connectivity index is 2.03. The second-order valence-corrected chi connectivity index (χ2v) is 4.86. The zero-order chi connectivity index (χ0) is 16.3. The number of aliphatic carboxylic acids is 1. The van der Waals surface area contributed by atoms with E-state index in [1.165, 1.54) is 17.2 Å². The fourth-order valence-electron chi connectivity index (χ4n) is 2.11. The molecule has 0 aromatic carbocycles. The Kier molecular flexibility index (Phi) is 4.53. The highest BCUT2D eigenvalue weighted by Gasteiger charge is 2.32. The smallest absolute Gasteiger partial charge is 0.422 e. The number of alkyl halides is 3. The van der Waals surface area contributed by atoms with E-state index in [4.69, 9.17) is 5.11 Å². The number of halogens is 3.